The van der Waals surface area contributed by atoms with Crippen molar-refractivity contribution in [3.05, 3.63) is 54.1 Å². The van der Waals surface area contributed by atoms with Gasteiger partial charge in [-0.15, -0.1) is 0 Å². The van der Waals surface area contributed by atoms with Gasteiger partial charge in [-0.05, 0) is 35.9 Å². The van der Waals surface area contributed by atoms with Crippen LogP contribution in [0.5, 0.6) is 0 Å². The predicted octanol–water partition coefficient (Wildman–Crippen LogP) is 3.32. The number of carbonyl (C=O) groups excluding carboxylic acids is 1. The summed E-state index contributed by atoms with van der Waals surface area (Å²) < 4.78 is 0. The number of amides is 1. The van der Waals surface area contributed by atoms with Gasteiger partial charge < -0.3 is 15.5 Å². The molecule has 0 aliphatic rings. The van der Waals surface area contributed by atoms with Crippen molar-refractivity contribution in [3.63, 3.8) is 0 Å². The monoisotopic (exact) mass is 283 g/mol. The normalized spacial score (nSPS) is 10.0. The van der Waals surface area contributed by atoms with Crippen LogP contribution in [0.25, 0.3) is 0 Å². The minimum absolute atomic E-state index is 0.0543. The van der Waals surface area contributed by atoms with Crippen LogP contribution >= 0.6 is 0 Å². The molecule has 0 saturated carbocycles. The van der Waals surface area contributed by atoms with Gasteiger partial charge in [0.25, 0.3) is 0 Å². The molecule has 0 aliphatic carbocycles. The van der Waals surface area contributed by atoms with Gasteiger partial charge >= 0.3 is 0 Å². The first-order chi connectivity index (χ1) is 10.0. The van der Waals surface area contributed by atoms with Crippen LogP contribution in [0.2, 0.25) is 0 Å². The first kappa shape index (κ1) is 14.9. The first-order valence-corrected chi connectivity index (χ1v) is 6.92. The number of hydrogen-bond donors (Lipinski definition) is 2. The van der Waals surface area contributed by atoms with E-state index in [4.69, 9.17) is 0 Å². The summed E-state index contributed by atoms with van der Waals surface area (Å²) in [5.41, 5.74) is 4.24. The quantitative estimate of drug-likeness (QED) is 0.884. The second-order valence-electron chi connectivity index (χ2n) is 5.18. The fourth-order valence-corrected chi connectivity index (χ4v) is 2.01. The lowest BCUT2D eigenvalue weighted by Gasteiger charge is -2.14. The third-order valence-corrected chi connectivity index (χ3v) is 3.13. The summed E-state index contributed by atoms with van der Waals surface area (Å²) in [5, 5.41) is 6.16. The lowest BCUT2D eigenvalue weighted by Crippen LogP contribution is -2.09. The van der Waals surface area contributed by atoms with Gasteiger partial charge in [0.1, 0.15) is 0 Å². The molecule has 0 radical (unpaired) electrons. The molecular weight excluding hydrogens is 262 g/mol. The van der Waals surface area contributed by atoms with Crippen molar-refractivity contribution in [2.75, 3.05) is 29.6 Å². The third-order valence-electron chi connectivity index (χ3n) is 3.13. The molecule has 0 aliphatic heterocycles. The summed E-state index contributed by atoms with van der Waals surface area (Å²) in [6, 6.07) is 16.1. The second-order valence-corrected chi connectivity index (χ2v) is 5.18. The van der Waals surface area contributed by atoms with Crippen molar-refractivity contribution in [2.24, 2.45) is 0 Å². The van der Waals surface area contributed by atoms with E-state index in [2.05, 4.69) is 33.7 Å². The Morgan fingerprint density at radius 3 is 2.38 bits per heavy atom. The molecule has 0 heterocycles. The standard InChI is InChI=1S/C17H21N3O/c1-13(21)19-15-9-7-14(8-10-15)12-18-16-5-4-6-17(11-16)20(2)3/h4-11,18H,12H2,1-3H3,(H,19,21). The summed E-state index contributed by atoms with van der Waals surface area (Å²) in [5.74, 6) is -0.0543. The minimum atomic E-state index is -0.0543. The van der Waals surface area contributed by atoms with Gasteiger partial charge in [-0.1, -0.05) is 18.2 Å². The van der Waals surface area contributed by atoms with E-state index in [9.17, 15) is 4.79 Å². The molecule has 0 saturated heterocycles. The maximum Gasteiger partial charge on any atom is 0.221 e. The fourth-order valence-electron chi connectivity index (χ4n) is 2.01. The molecule has 0 bridgehead atoms. The molecular formula is C17H21N3O. The lowest BCUT2D eigenvalue weighted by molar-refractivity contribution is -0.114. The van der Waals surface area contributed by atoms with E-state index in [1.807, 2.05) is 44.4 Å². The molecule has 2 rings (SSSR count). The van der Waals surface area contributed by atoms with Crippen LogP contribution in [0.3, 0.4) is 0 Å². The van der Waals surface area contributed by atoms with Gasteiger partial charge in [0, 0.05) is 44.6 Å². The number of carbonyl (C=O) groups is 1. The Labute approximate surface area is 125 Å². The number of rotatable bonds is 5. The number of anilines is 3. The van der Waals surface area contributed by atoms with Gasteiger partial charge in [0.05, 0.1) is 0 Å². The number of benzene rings is 2. The Morgan fingerprint density at radius 1 is 1.05 bits per heavy atom. The smallest absolute Gasteiger partial charge is 0.221 e. The van der Waals surface area contributed by atoms with Gasteiger partial charge in [0.2, 0.25) is 5.91 Å². The van der Waals surface area contributed by atoms with Gasteiger partial charge in [0.15, 0.2) is 0 Å². The first-order valence-electron chi connectivity index (χ1n) is 6.92. The largest absolute Gasteiger partial charge is 0.381 e. The summed E-state index contributed by atoms with van der Waals surface area (Å²) >= 11 is 0. The van der Waals surface area contributed by atoms with Gasteiger partial charge in [-0.3, -0.25) is 4.79 Å². The van der Waals surface area contributed by atoms with Crippen molar-refractivity contribution in [2.45, 2.75) is 13.5 Å². The third kappa shape index (κ3) is 4.53. The Hall–Kier alpha value is -2.49. The van der Waals surface area contributed by atoms with E-state index in [0.29, 0.717) is 0 Å². The second kappa shape index (κ2) is 6.79. The molecule has 0 unspecified atom stereocenters. The van der Waals surface area contributed by atoms with Crippen molar-refractivity contribution in [3.8, 4) is 0 Å². The van der Waals surface area contributed by atoms with Crippen molar-refractivity contribution >= 4 is 23.0 Å². The molecule has 4 heteroatoms. The lowest BCUT2D eigenvalue weighted by atomic mass is 10.2. The highest BCUT2D eigenvalue weighted by atomic mass is 16.1. The molecule has 0 aromatic heterocycles. The zero-order valence-corrected chi connectivity index (χ0v) is 12.7. The van der Waals surface area contributed by atoms with Gasteiger partial charge in [-0.2, -0.15) is 0 Å². The molecule has 1 amide bonds. The average Bonchev–Trinajstić information content (AvgIpc) is 2.46. The zero-order chi connectivity index (χ0) is 15.2. The van der Waals surface area contributed by atoms with Crippen LogP contribution in [-0.2, 0) is 11.3 Å². The molecule has 21 heavy (non-hydrogen) atoms. The van der Waals surface area contributed by atoms with E-state index in [1.165, 1.54) is 18.2 Å². The van der Waals surface area contributed by atoms with Crippen molar-refractivity contribution in [1.82, 2.24) is 0 Å². The number of nitrogens with one attached hydrogen (secondary N) is 2. The maximum absolute atomic E-state index is 11.0. The number of hydrogen-bond acceptors (Lipinski definition) is 3. The van der Waals surface area contributed by atoms with Crippen LogP contribution in [0.15, 0.2) is 48.5 Å². The molecule has 2 aromatic carbocycles. The summed E-state index contributed by atoms with van der Waals surface area (Å²) in [7, 11) is 4.06. The van der Waals surface area contributed by atoms with E-state index in [0.717, 1.165) is 17.9 Å². The van der Waals surface area contributed by atoms with Crippen LogP contribution in [0.4, 0.5) is 17.1 Å². The summed E-state index contributed by atoms with van der Waals surface area (Å²) in [4.78, 5) is 13.0. The topological polar surface area (TPSA) is 44.4 Å². The average molecular weight is 283 g/mol. The highest BCUT2D eigenvalue weighted by Gasteiger charge is 1.99. The SMILES string of the molecule is CC(=O)Nc1ccc(CNc2cccc(N(C)C)c2)cc1. The van der Waals surface area contributed by atoms with E-state index in [-0.39, 0.29) is 5.91 Å². The predicted molar refractivity (Wildman–Crippen MR) is 88.8 cm³/mol. The molecule has 0 fully saturated rings. The van der Waals surface area contributed by atoms with Gasteiger partial charge in [-0.25, -0.2) is 0 Å². The van der Waals surface area contributed by atoms with E-state index >= 15 is 0 Å². The fraction of sp³-hybridized carbons (Fsp3) is 0.235. The van der Waals surface area contributed by atoms with Crippen LogP contribution < -0.4 is 15.5 Å². The Kier molecular flexibility index (Phi) is 4.82. The molecule has 2 N–H and O–H groups in total. The van der Waals surface area contributed by atoms with E-state index < -0.39 is 0 Å². The van der Waals surface area contributed by atoms with Crippen LogP contribution in [0.1, 0.15) is 12.5 Å². The van der Waals surface area contributed by atoms with Crippen molar-refractivity contribution < 1.29 is 4.79 Å². The summed E-state index contributed by atoms with van der Waals surface area (Å²) in [6.07, 6.45) is 0. The zero-order valence-electron chi connectivity index (χ0n) is 12.7. The highest BCUT2D eigenvalue weighted by molar-refractivity contribution is 5.88. The Balaban J connectivity index is 1.96. The molecule has 0 atom stereocenters. The molecule has 110 valence electrons. The van der Waals surface area contributed by atoms with E-state index in [1.54, 1.807) is 0 Å². The molecule has 2 aromatic rings. The Bertz CT molecular complexity index is 606. The minimum Gasteiger partial charge on any atom is -0.381 e. The van der Waals surface area contributed by atoms with Crippen molar-refractivity contribution in [1.29, 1.82) is 0 Å². The molecule has 4 nitrogen and oxygen atoms in total. The highest BCUT2D eigenvalue weighted by Crippen LogP contribution is 2.18. The number of nitrogens with zero attached hydrogens (tertiary/aromatic N) is 1. The Morgan fingerprint density at radius 2 is 1.76 bits per heavy atom. The molecule has 0 spiro atoms. The maximum atomic E-state index is 11.0. The van der Waals surface area contributed by atoms with Crippen LogP contribution in [-0.4, -0.2) is 20.0 Å². The summed E-state index contributed by atoms with van der Waals surface area (Å²) in [6.45, 7) is 2.25. The van der Waals surface area contributed by atoms with Crippen LogP contribution in [0, 0.1) is 0 Å².